The van der Waals surface area contributed by atoms with Crippen LogP contribution in [0.3, 0.4) is 0 Å². The lowest BCUT2D eigenvalue weighted by Crippen LogP contribution is -2.51. The highest BCUT2D eigenvalue weighted by Crippen LogP contribution is 2.27. The van der Waals surface area contributed by atoms with Gasteiger partial charge >= 0.3 is 0 Å². The van der Waals surface area contributed by atoms with Crippen LogP contribution >= 0.6 is 0 Å². The van der Waals surface area contributed by atoms with E-state index in [1.807, 2.05) is 11.9 Å². The third-order valence-electron chi connectivity index (χ3n) is 4.41. The first-order valence-electron chi connectivity index (χ1n) is 7.60. The molecule has 1 aromatic heterocycles. The first-order valence-corrected chi connectivity index (χ1v) is 7.60. The number of carbonyl (C=O) groups is 2. The zero-order chi connectivity index (χ0) is 15.4. The van der Waals surface area contributed by atoms with E-state index in [2.05, 4.69) is 12.2 Å². The molecule has 1 aromatic rings. The van der Waals surface area contributed by atoms with Gasteiger partial charge in [-0.2, -0.15) is 0 Å². The quantitative estimate of drug-likeness (QED) is 0.927. The van der Waals surface area contributed by atoms with Gasteiger partial charge in [-0.25, -0.2) is 0 Å². The van der Waals surface area contributed by atoms with Gasteiger partial charge in [-0.3, -0.25) is 9.59 Å². The van der Waals surface area contributed by atoms with E-state index in [0.717, 1.165) is 12.8 Å². The van der Waals surface area contributed by atoms with Crippen molar-refractivity contribution in [2.75, 3.05) is 7.05 Å². The fourth-order valence-electron chi connectivity index (χ4n) is 3.08. The summed E-state index contributed by atoms with van der Waals surface area (Å²) in [5.74, 6) is 0.199. The van der Waals surface area contributed by atoms with Crippen LogP contribution in [0, 0.1) is 5.92 Å². The van der Waals surface area contributed by atoms with E-state index >= 15 is 0 Å². The minimum absolute atomic E-state index is 0.0365. The number of hydrogen-bond donors (Lipinski definition) is 1. The standard InChI is InChI=1S/C16H24N2O3/c1-11-6-4-5-7-14(11)18(3)16(20)12(2)17-15(19)13-8-9-21-10-13/h8-12,14H,4-7H2,1-3H3,(H,17,19)/t11-,12-,14-/m0/s1. The van der Waals surface area contributed by atoms with E-state index in [9.17, 15) is 9.59 Å². The summed E-state index contributed by atoms with van der Waals surface area (Å²) in [6.45, 7) is 3.92. The average molecular weight is 292 g/mol. The Morgan fingerprint density at radius 2 is 2.10 bits per heavy atom. The van der Waals surface area contributed by atoms with Gasteiger partial charge in [0.15, 0.2) is 0 Å². The van der Waals surface area contributed by atoms with Gasteiger partial charge in [-0.05, 0) is 31.7 Å². The predicted molar refractivity (Wildman–Crippen MR) is 79.8 cm³/mol. The Bertz CT molecular complexity index is 484. The number of hydrogen-bond acceptors (Lipinski definition) is 3. The summed E-state index contributed by atoms with van der Waals surface area (Å²) >= 11 is 0. The Kier molecular flexibility index (Phi) is 5.04. The van der Waals surface area contributed by atoms with Gasteiger partial charge in [0.25, 0.3) is 5.91 Å². The average Bonchev–Trinajstić information content (AvgIpc) is 3.00. The van der Waals surface area contributed by atoms with Crippen molar-refractivity contribution in [2.24, 2.45) is 5.92 Å². The minimum atomic E-state index is -0.536. The van der Waals surface area contributed by atoms with Crippen LogP contribution in [-0.4, -0.2) is 35.8 Å². The van der Waals surface area contributed by atoms with Crippen LogP contribution in [0.4, 0.5) is 0 Å². The second-order valence-corrected chi connectivity index (χ2v) is 5.99. The first kappa shape index (κ1) is 15.6. The topological polar surface area (TPSA) is 62.6 Å². The molecule has 5 nitrogen and oxygen atoms in total. The summed E-state index contributed by atoms with van der Waals surface area (Å²) in [6.07, 6.45) is 7.44. The van der Waals surface area contributed by atoms with E-state index in [1.165, 1.54) is 25.4 Å². The minimum Gasteiger partial charge on any atom is -0.472 e. The van der Waals surface area contributed by atoms with Gasteiger partial charge < -0.3 is 14.6 Å². The van der Waals surface area contributed by atoms with Crippen LogP contribution in [0.1, 0.15) is 49.9 Å². The van der Waals surface area contributed by atoms with Crippen molar-refractivity contribution in [3.8, 4) is 0 Å². The molecule has 1 heterocycles. The van der Waals surface area contributed by atoms with Crippen molar-refractivity contribution in [1.29, 1.82) is 0 Å². The number of nitrogens with one attached hydrogen (secondary N) is 1. The number of nitrogens with zero attached hydrogens (tertiary/aromatic N) is 1. The Labute approximate surface area is 125 Å². The summed E-state index contributed by atoms with van der Waals surface area (Å²) in [7, 11) is 1.84. The molecule has 1 aliphatic carbocycles. The lowest BCUT2D eigenvalue weighted by atomic mass is 9.85. The molecule has 1 fully saturated rings. The van der Waals surface area contributed by atoms with Crippen LogP contribution in [-0.2, 0) is 4.79 Å². The maximum Gasteiger partial charge on any atom is 0.255 e. The second kappa shape index (κ2) is 6.78. The molecular formula is C16H24N2O3. The molecule has 0 spiro atoms. The molecule has 0 aromatic carbocycles. The fourth-order valence-corrected chi connectivity index (χ4v) is 3.08. The molecule has 5 heteroatoms. The number of amides is 2. The van der Waals surface area contributed by atoms with Crippen molar-refractivity contribution in [1.82, 2.24) is 10.2 Å². The van der Waals surface area contributed by atoms with Crippen molar-refractivity contribution in [3.63, 3.8) is 0 Å². The van der Waals surface area contributed by atoms with Crippen LogP contribution in [0.2, 0.25) is 0 Å². The Morgan fingerprint density at radius 3 is 2.71 bits per heavy atom. The molecule has 1 saturated carbocycles. The van der Waals surface area contributed by atoms with Gasteiger partial charge in [0.2, 0.25) is 5.91 Å². The first-order chi connectivity index (χ1) is 10.0. The monoisotopic (exact) mass is 292 g/mol. The molecule has 2 rings (SSSR count). The van der Waals surface area contributed by atoms with E-state index in [4.69, 9.17) is 4.42 Å². The van der Waals surface area contributed by atoms with Crippen LogP contribution in [0.5, 0.6) is 0 Å². The predicted octanol–water partition coefficient (Wildman–Crippen LogP) is 2.44. The smallest absolute Gasteiger partial charge is 0.255 e. The zero-order valence-electron chi connectivity index (χ0n) is 13.0. The number of carbonyl (C=O) groups excluding carboxylic acids is 2. The lowest BCUT2D eigenvalue weighted by Gasteiger charge is -2.37. The van der Waals surface area contributed by atoms with E-state index in [0.29, 0.717) is 11.5 Å². The molecule has 0 unspecified atom stereocenters. The summed E-state index contributed by atoms with van der Waals surface area (Å²) in [6, 6.07) is 1.32. The van der Waals surface area contributed by atoms with Gasteiger partial charge in [-0.1, -0.05) is 19.8 Å². The third kappa shape index (κ3) is 3.65. The molecule has 2 amide bonds. The normalized spacial score (nSPS) is 23.4. The number of likely N-dealkylation sites (N-methyl/N-ethyl adjacent to an activating group) is 1. The highest BCUT2D eigenvalue weighted by Gasteiger charge is 2.30. The molecule has 0 bridgehead atoms. The molecule has 0 aliphatic heterocycles. The van der Waals surface area contributed by atoms with Crippen molar-refractivity contribution in [3.05, 3.63) is 24.2 Å². The molecule has 0 radical (unpaired) electrons. The van der Waals surface area contributed by atoms with E-state index in [-0.39, 0.29) is 17.9 Å². The fraction of sp³-hybridized carbons (Fsp3) is 0.625. The highest BCUT2D eigenvalue weighted by molar-refractivity contribution is 5.97. The largest absolute Gasteiger partial charge is 0.472 e. The van der Waals surface area contributed by atoms with Crippen LogP contribution in [0.25, 0.3) is 0 Å². The molecule has 116 valence electrons. The number of furan rings is 1. The van der Waals surface area contributed by atoms with Gasteiger partial charge in [0.05, 0.1) is 11.8 Å². The molecule has 1 aliphatic rings. The Balaban J connectivity index is 1.93. The summed E-state index contributed by atoms with van der Waals surface area (Å²) in [5.41, 5.74) is 0.434. The van der Waals surface area contributed by atoms with Gasteiger partial charge in [0.1, 0.15) is 12.3 Å². The van der Waals surface area contributed by atoms with Crippen LogP contribution < -0.4 is 5.32 Å². The summed E-state index contributed by atoms with van der Waals surface area (Å²) in [4.78, 5) is 26.2. The molecule has 3 atom stereocenters. The van der Waals surface area contributed by atoms with Gasteiger partial charge in [0, 0.05) is 13.1 Å². The van der Waals surface area contributed by atoms with E-state index in [1.54, 1.807) is 13.0 Å². The lowest BCUT2D eigenvalue weighted by molar-refractivity contribution is -0.135. The summed E-state index contributed by atoms with van der Waals surface area (Å²) in [5, 5.41) is 2.73. The maximum absolute atomic E-state index is 12.5. The van der Waals surface area contributed by atoms with Crippen molar-refractivity contribution in [2.45, 2.75) is 51.6 Å². The SMILES string of the molecule is C[C@H](NC(=O)c1ccoc1)C(=O)N(C)[C@H]1CCCC[C@@H]1C. The molecule has 21 heavy (non-hydrogen) atoms. The molecule has 1 N–H and O–H groups in total. The van der Waals surface area contributed by atoms with Gasteiger partial charge in [-0.15, -0.1) is 0 Å². The molecular weight excluding hydrogens is 268 g/mol. The zero-order valence-corrected chi connectivity index (χ0v) is 13.0. The third-order valence-corrected chi connectivity index (χ3v) is 4.41. The molecule has 0 saturated heterocycles. The maximum atomic E-state index is 12.5. The second-order valence-electron chi connectivity index (χ2n) is 5.99. The van der Waals surface area contributed by atoms with E-state index < -0.39 is 6.04 Å². The Hall–Kier alpha value is -1.78. The van der Waals surface area contributed by atoms with Crippen LogP contribution in [0.15, 0.2) is 23.0 Å². The van der Waals surface area contributed by atoms with Crippen molar-refractivity contribution >= 4 is 11.8 Å². The summed E-state index contributed by atoms with van der Waals surface area (Å²) < 4.78 is 4.88. The number of rotatable bonds is 4. The Morgan fingerprint density at radius 1 is 1.38 bits per heavy atom. The van der Waals surface area contributed by atoms with Crippen molar-refractivity contribution < 1.29 is 14.0 Å². The highest BCUT2D eigenvalue weighted by atomic mass is 16.3.